The summed E-state index contributed by atoms with van der Waals surface area (Å²) in [5, 5.41) is 0. The van der Waals surface area contributed by atoms with Crippen molar-refractivity contribution in [1.82, 2.24) is 0 Å². The molecule has 1 unspecified atom stereocenters. The van der Waals surface area contributed by atoms with Crippen LogP contribution in [-0.2, 0) is 4.74 Å². The summed E-state index contributed by atoms with van der Waals surface area (Å²) in [6.45, 7) is 14.6. The first-order valence-corrected chi connectivity index (χ1v) is 8.31. The smallest absolute Gasteiger partial charge is 0.180 e. The Hall–Kier alpha value is -1.83. The van der Waals surface area contributed by atoms with Crippen LogP contribution in [0.3, 0.4) is 0 Å². The van der Waals surface area contributed by atoms with Crippen LogP contribution in [-0.4, -0.2) is 12.5 Å². The van der Waals surface area contributed by atoms with Gasteiger partial charge in [0.25, 0.3) is 0 Å². The summed E-state index contributed by atoms with van der Waals surface area (Å²) in [6, 6.07) is 6.48. The largest absolute Gasteiger partial charge is 0.479 e. The molecular weight excluding hydrogens is 270 g/mol. The molecule has 2 rings (SSSR count). The molecule has 0 amide bonds. The minimum absolute atomic E-state index is 0.126. The van der Waals surface area contributed by atoms with Gasteiger partial charge in [-0.3, -0.25) is 0 Å². The normalized spacial score (nSPS) is 16.5. The van der Waals surface area contributed by atoms with Crippen molar-refractivity contribution in [3.63, 3.8) is 0 Å². The molecule has 0 aromatic heterocycles. The molecule has 0 radical (unpaired) electrons. The van der Waals surface area contributed by atoms with E-state index in [2.05, 4.69) is 47.5 Å². The lowest BCUT2D eigenvalue weighted by molar-refractivity contribution is 0.317. The number of hydrogen-bond donors (Lipinski definition) is 0. The lowest BCUT2D eigenvalue weighted by atomic mass is 9.95. The molecule has 0 aliphatic carbocycles. The zero-order valence-electron chi connectivity index (χ0n) is 15.2. The van der Waals surface area contributed by atoms with Crippen LogP contribution in [0.1, 0.15) is 71.2 Å². The molecule has 2 heteroatoms. The van der Waals surface area contributed by atoms with E-state index in [-0.39, 0.29) is 6.04 Å². The van der Waals surface area contributed by atoms with Gasteiger partial charge in [-0.2, -0.15) is 0 Å². The fraction of sp³-hybridized carbons (Fsp3) is 0.450. The first kappa shape index (κ1) is 20.2. The van der Waals surface area contributed by atoms with Crippen molar-refractivity contribution >= 4 is 18.0 Å². The average molecular weight is 301 g/mol. The number of nitrogens with zero attached hydrogens (tertiary/aromatic N) is 1. The second-order valence-corrected chi connectivity index (χ2v) is 4.33. The van der Waals surface area contributed by atoms with Gasteiger partial charge >= 0.3 is 0 Å². The van der Waals surface area contributed by atoms with Crippen molar-refractivity contribution < 1.29 is 4.74 Å². The highest BCUT2D eigenvalue weighted by Crippen LogP contribution is 2.29. The molecular formula is C20H31NO. The molecule has 0 bridgehead atoms. The second kappa shape index (κ2) is 11.8. The Morgan fingerprint density at radius 1 is 1.05 bits per heavy atom. The molecule has 122 valence electrons. The SMILES string of the molecule is C/C=C\c1cccc(C2COC(C)=N2)c1/C=C\C.CC.CC. The van der Waals surface area contributed by atoms with Crippen LogP contribution < -0.4 is 0 Å². The quantitative estimate of drug-likeness (QED) is 0.642. The van der Waals surface area contributed by atoms with Gasteiger partial charge in [0, 0.05) is 6.92 Å². The summed E-state index contributed by atoms with van der Waals surface area (Å²) in [7, 11) is 0. The monoisotopic (exact) mass is 301 g/mol. The third kappa shape index (κ3) is 5.51. The topological polar surface area (TPSA) is 21.6 Å². The molecule has 0 saturated heterocycles. The summed E-state index contributed by atoms with van der Waals surface area (Å²) >= 11 is 0. The molecule has 1 heterocycles. The first-order valence-electron chi connectivity index (χ1n) is 8.31. The number of rotatable bonds is 3. The van der Waals surface area contributed by atoms with Gasteiger partial charge < -0.3 is 4.74 Å². The molecule has 1 aromatic rings. The molecule has 0 saturated carbocycles. The van der Waals surface area contributed by atoms with Gasteiger partial charge in [-0.15, -0.1) is 0 Å². The van der Waals surface area contributed by atoms with Gasteiger partial charge in [-0.1, -0.05) is 70.2 Å². The highest BCUT2D eigenvalue weighted by atomic mass is 16.5. The summed E-state index contributed by atoms with van der Waals surface area (Å²) in [5.74, 6) is 0.780. The number of benzene rings is 1. The van der Waals surface area contributed by atoms with E-state index in [0.717, 1.165) is 5.90 Å². The predicted molar refractivity (Wildman–Crippen MR) is 100 cm³/mol. The molecule has 0 fully saturated rings. The van der Waals surface area contributed by atoms with Gasteiger partial charge in [-0.25, -0.2) is 4.99 Å². The Morgan fingerprint density at radius 2 is 1.68 bits per heavy atom. The van der Waals surface area contributed by atoms with E-state index in [1.165, 1.54) is 16.7 Å². The Bertz CT molecular complexity index is 512. The third-order valence-corrected chi connectivity index (χ3v) is 3.00. The van der Waals surface area contributed by atoms with Crippen LogP contribution >= 0.6 is 0 Å². The summed E-state index contributed by atoms with van der Waals surface area (Å²) < 4.78 is 5.46. The van der Waals surface area contributed by atoms with Crippen LogP contribution in [0.5, 0.6) is 0 Å². The molecule has 1 aliphatic rings. The number of ether oxygens (including phenoxy) is 1. The van der Waals surface area contributed by atoms with Crippen LogP contribution in [0, 0.1) is 0 Å². The molecule has 1 aromatic carbocycles. The number of allylic oxidation sites excluding steroid dienone is 2. The number of aliphatic imine (C=N–C) groups is 1. The van der Waals surface area contributed by atoms with Crippen molar-refractivity contribution in [3.8, 4) is 0 Å². The maximum absolute atomic E-state index is 5.46. The summed E-state index contributed by atoms with van der Waals surface area (Å²) in [6.07, 6.45) is 8.41. The lowest BCUT2D eigenvalue weighted by Gasteiger charge is -2.12. The van der Waals surface area contributed by atoms with Crippen molar-refractivity contribution in [2.45, 2.75) is 54.5 Å². The van der Waals surface area contributed by atoms with Crippen LogP contribution in [0.2, 0.25) is 0 Å². The second-order valence-electron chi connectivity index (χ2n) is 4.33. The molecule has 22 heavy (non-hydrogen) atoms. The Labute approximate surface area is 136 Å². The van der Waals surface area contributed by atoms with E-state index in [1.807, 2.05) is 48.5 Å². The van der Waals surface area contributed by atoms with Gasteiger partial charge in [0.15, 0.2) is 5.90 Å². The number of hydrogen-bond acceptors (Lipinski definition) is 2. The maximum Gasteiger partial charge on any atom is 0.180 e. The standard InChI is InChI=1S/C16H19NO.2C2H6/c1-4-7-13-9-6-10-15(14(13)8-5-2)16-11-18-12(3)17-16;2*1-2/h4-10,16H,11H2,1-3H3;2*1-2H3/b7-4-,8-5-;;. The van der Waals surface area contributed by atoms with Crippen molar-refractivity contribution in [2.75, 3.05) is 6.61 Å². The van der Waals surface area contributed by atoms with Crippen LogP contribution in [0.4, 0.5) is 0 Å². The third-order valence-electron chi connectivity index (χ3n) is 3.00. The zero-order valence-corrected chi connectivity index (χ0v) is 15.2. The fourth-order valence-corrected chi connectivity index (χ4v) is 2.23. The fourth-order valence-electron chi connectivity index (χ4n) is 2.23. The summed E-state index contributed by atoms with van der Waals surface area (Å²) in [4.78, 5) is 4.54. The minimum Gasteiger partial charge on any atom is -0.479 e. The van der Waals surface area contributed by atoms with Gasteiger partial charge in [0.05, 0.1) is 0 Å². The van der Waals surface area contributed by atoms with Crippen LogP contribution in [0.25, 0.3) is 12.2 Å². The van der Waals surface area contributed by atoms with Crippen molar-refractivity contribution in [3.05, 3.63) is 47.0 Å². The van der Waals surface area contributed by atoms with Crippen molar-refractivity contribution in [2.24, 2.45) is 4.99 Å². The molecule has 2 nitrogen and oxygen atoms in total. The van der Waals surface area contributed by atoms with Gasteiger partial charge in [0.2, 0.25) is 0 Å². The summed E-state index contributed by atoms with van der Waals surface area (Å²) in [5.41, 5.74) is 3.71. The molecule has 0 N–H and O–H groups in total. The van der Waals surface area contributed by atoms with E-state index in [1.54, 1.807) is 0 Å². The Balaban J connectivity index is 0.00000102. The Kier molecular flexibility index (Phi) is 10.8. The minimum atomic E-state index is 0.126. The molecule has 0 spiro atoms. The highest BCUT2D eigenvalue weighted by molar-refractivity contribution is 5.76. The van der Waals surface area contributed by atoms with E-state index in [9.17, 15) is 0 Å². The first-order chi connectivity index (χ1) is 10.8. The van der Waals surface area contributed by atoms with E-state index in [4.69, 9.17) is 4.74 Å². The average Bonchev–Trinajstić information content (AvgIpc) is 3.00. The van der Waals surface area contributed by atoms with Gasteiger partial charge in [0.1, 0.15) is 12.6 Å². The van der Waals surface area contributed by atoms with E-state index < -0.39 is 0 Å². The highest BCUT2D eigenvalue weighted by Gasteiger charge is 2.20. The molecule has 1 aliphatic heterocycles. The van der Waals surface area contributed by atoms with Crippen LogP contribution in [0.15, 0.2) is 35.3 Å². The Morgan fingerprint density at radius 3 is 2.18 bits per heavy atom. The molecule has 1 atom stereocenters. The zero-order chi connectivity index (χ0) is 17.0. The predicted octanol–water partition coefficient (Wildman–Crippen LogP) is 6.29. The van der Waals surface area contributed by atoms with Gasteiger partial charge in [-0.05, 0) is 30.5 Å². The van der Waals surface area contributed by atoms with E-state index >= 15 is 0 Å². The maximum atomic E-state index is 5.46. The van der Waals surface area contributed by atoms with E-state index in [0.29, 0.717) is 6.61 Å². The van der Waals surface area contributed by atoms with Crippen molar-refractivity contribution in [1.29, 1.82) is 0 Å². The lowest BCUT2D eigenvalue weighted by Crippen LogP contribution is -2.01.